The number of aromatic nitrogens is 3. The minimum Gasteiger partial charge on any atom is -0.355 e. The third-order valence-electron chi connectivity index (χ3n) is 5.15. The van der Waals surface area contributed by atoms with Gasteiger partial charge in [0.1, 0.15) is 17.5 Å². The molecule has 1 N–H and O–H groups in total. The van der Waals surface area contributed by atoms with Crippen LogP contribution in [0.15, 0.2) is 29.0 Å². The van der Waals surface area contributed by atoms with Gasteiger partial charge in [-0.2, -0.15) is 4.98 Å². The fraction of sp³-hybridized carbons (Fsp3) is 0.400. The molecule has 4 rings (SSSR count). The zero-order chi connectivity index (χ0) is 19.0. The zero-order valence-corrected chi connectivity index (χ0v) is 15.8. The van der Waals surface area contributed by atoms with Gasteiger partial charge in [-0.3, -0.25) is 4.79 Å². The standard InChI is InChI=1S/C20H23N5O2/c1-12-6-7-16(13(2)9-12)23-19(26)15-5-4-8-25(10-15)18-17-14(3)24-27-20(17)22-11-21-18/h6-7,9,11,15H,4-5,8,10H2,1-3H3,(H,23,26)/t15-/m0/s1. The van der Waals surface area contributed by atoms with Crippen LogP contribution in [0.1, 0.15) is 29.7 Å². The summed E-state index contributed by atoms with van der Waals surface area (Å²) in [5, 5.41) is 7.91. The average molecular weight is 365 g/mol. The van der Waals surface area contributed by atoms with Crippen LogP contribution in [0.25, 0.3) is 11.1 Å². The Bertz CT molecular complexity index is 997. The zero-order valence-electron chi connectivity index (χ0n) is 15.8. The number of nitrogens with one attached hydrogen (secondary N) is 1. The van der Waals surface area contributed by atoms with E-state index in [2.05, 4.69) is 31.4 Å². The largest absolute Gasteiger partial charge is 0.355 e. The maximum atomic E-state index is 12.9. The van der Waals surface area contributed by atoms with Gasteiger partial charge in [0.15, 0.2) is 0 Å². The molecule has 1 saturated heterocycles. The first-order chi connectivity index (χ1) is 13.0. The van der Waals surface area contributed by atoms with Crippen molar-refractivity contribution in [2.24, 2.45) is 5.92 Å². The van der Waals surface area contributed by atoms with Crippen molar-refractivity contribution in [3.8, 4) is 0 Å². The van der Waals surface area contributed by atoms with Gasteiger partial charge in [-0.25, -0.2) is 4.98 Å². The molecular weight excluding hydrogens is 342 g/mol. The van der Waals surface area contributed by atoms with E-state index in [1.807, 2.05) is 32.9 Å². The van der Waals surface area contributed by atoms with Crippen molar-refractivity contribution in [3.63, 3.8) is 0 Å². The van der Waals surface area contributed by atoms with Crippen LogP contribution in [0, 0.1) is 26.7 Å². The van der Waals surface area contributed by atoms with Gasteiger partial charge in [-0.05, 0) is 45.2 Å². The number of piperidine rings is 1. The number of nitrogens with zero attached hydrogens (tertiary/aromatic N) is 4. The number of amides is 1. The van der Waals surface area contributed by atoms with Crippen LogP contribution >= 0.6 is 0 Å². The SMILES string of the molecule is Cc1ccc(NC(=O)[C@H]2CCCN(c3ncnc4onc(C)c34)C2)c(C)c1. The van der Waals surface area contributed by atoms with Crippen LogP contribution in [0.2, 0.25) is 0 Å². The summed E-state index contributed by atoms with van der Waals surface area (Å²) >= 11 is 0. The molecule has 0 aliphatic carbocycles. The first-order valence-corrected chi connectivity index (χ1v) is 9.23. The molecule has 2 aromatic heterocycles. The Morgan fingerprint density at radius 3 is 2.93 bits per heavy atom. The average Bonchev–Trinajstić information content (AvgIpc) is 3.05. The summed E-state index contributed by atoms with van der Waals surface area (Å²) in [4.78, 5) is 23.6. The number of hydrogen-bond donors (Lipinski definition) is 1. The summed E-state index contributed by atoms with van der Waals surface area (Å²) in [5.74, 6) is 0.756. The second-order valence-corrected chi connectivity index (χ2v) is 7.24. The van der Waals surface area contributed by atoms with Gasteiger partial charge in [-0.1, -0.05) is 22.9 Å². The molecule has 1 atom stereocenters. The molecule has 3 heterocycles. The first-order valence-electron chi connectivity index (χ1n) is 9.23. The highest BCUT2D eigenvalue weighted by molar-refractivity contribution is 5.94. The Morgan fingerprint density at radius 1 is 1.26 bits per heavy atom. The lowest BCUT2D eigenvalue weighted by molar-refractivity contribution is -0.120. The first kappa shape index (κ1) is 17.5. The highest BCUT2D eigenvalue weighted by Gasteiger charge is 2.28. The monoisotopic (exact) mass is 365 g/mol. The third kappa shape index (κ3) is 3.37. The molecule has 27 heavy (non-hydrogen) atoms. The van der Waals surface area contributed by atoms with Crippen LogP contribution < -0.4 is 10.2 Å². The Hall–Kier alpha value is -2.96. The fourth-order valence-electron chi connectivity index (χ4n) is 3.72. The summed E-state index contributed by atoms with van der Waals surface area (Å²) in [6.45, 7) is 7.42. The van der Waals surface area contributed by atoms with Crippen molar-refractivity contribution in [2.45, 2.75) is 33.6 Å². The molecule has 1 aromatic carbocycles. The van der Waals surface area contributed by atoms with Gasteiger partial charge in [-0.15, -0.1) is 0 Å². The molecule has 140 valence electrons. The van der Waals surface area contributed by atoms with E-state index in [-0.39, 0.29) is 11.8 Å². The summed E-state index contributed by atoms with van der Waals surface area (Å²) in [5.41, 5.74) is 4.39. The van der Waals surface area contributed by atoms with Crippen LogP contribution in [0.3, 0.4) is 0 Å². The molecule has 1 aliphatic heterocycles. The molecule has 0 bridgehead atoms. The van der Waals surface area contributed by atoms with Gasteiger partial charge < -0.3 is 14.7 Å². The van der Waals surface area contributed by atoms with E-state index in [0.717, 1.165) is 47.5 Å². The number of anilines is 2. The van der Waals surface area contributed by atoms with Crippen LogP contribution in [0.4, 0.5) is 11.5 Å². The highest BCUT2D eigenvalue weighted by Crippen LogP contribution is 2.30. The van der Waals surface area contributed by atoms with E-state index in [0.29, 0.717) is 12.3 Å². The quantitative estimate of drug-likeness (QED) is 0.766. The molecule has 1 aliphatic rings. The molecule has 1 fully saturated rings. The van der Waals surface area contributed by atoms with Crippen molar-refractivity contribution < 1.29 is 9.32 Å². The second kappa shape index (κ2) is 6.98. The van der Waals surface area contributed by atoms with Crippen molar-refractivity contribution in [1.82, 2.24) is 15.1 Å². The Morgan fingerprint density at radius 2 is 2.11 bits per heavy atom. The molecule has 1 amide bonds. The Labute approximate surface area is 157 Å². The lowest BCUT2D eigenvalue weighted by Gasteiger charge is -2.33. The smallest absolute Gasteiger partial charge is 0.263 e. The second-order valence-electron chi connectivity index (χ2n) is 7.24. The van der Waals surface area contributed by atoms with E-state index >= 15 is 0 Å². The van der Waals surface area contributed by atoms with E-state index < -0.39 is 0 Å². The van der Waals surface area contributed by atoms with E-state index in [1.165, 1.54) is 11.9 Å². The van der Waals surface area contributed by atoms with Crippen molar-refractivity contribution >= 4 is 28.5 Å². The van der Waals surface area contributed by atoms with Crippen molar-refractivity contribution in [2.75, 3.05) is 23.3 Å². The molecule has 0 spiro atoms. The summed E-state index contributed by atoms with van der Waals surface area (Å²) in [6, 6.07) is 6.06. The number of hydrogen-bond acceptors (Lipinski definition) is 6. The molecule has 3 aromatic rings. The lowest BCUT2D eigenvalue weighted by Crippen LogP contribution is -2.41. The normalized spacial score (nSPS) is 17.3. The number of benzene rings is 1. The number of carbonyl (C=O) groups excluding carboxylic acids is 1. The van der Waals surface area contributed by atoms with E-state index in [1.54, 1.807) is 0 Å². The molecular formula is C20H23N5O2. The number of rotatable bonds is 3. The van der Waals surface area contributed by atoms with Crippen molar-refractivity contribution in [1.29, 1.82) is 0 Å². The fourth-order valence-corrected chi connectivity index (χ4v) is 3.72. The van der Waals surface area contributed by atoms with Crippen molar-refractivity contribution in [3.05, 3.63) is 41.3 Å². The summed E-state index contributed by atoms with van der Waals surface area (Å²) < 4.78 is 5.25. The van der Waals surface area contributed by atoms with Crippen LogP contribution in [-0.4, -0.2) is 34.1 Å². The Kier molecular flexibility index (Phi) is 4.51. The minimum atomic E-state index is -0.0929. The lowest BCUT2D eigenvalue weighted by atomic mass is 9.96. The molecule has 0 saturated carbocycles. The summed E-state index contributed by atoms with van der Waals surface area (Å²) in [7, 11) is 0. The maximum Gasteiger partial charge on any atom is 0.263 e. The molecule has 0 radical (unpaired) electrons. The van der Waals surface area contributed by atoms with Gasteiger partial charge in [0.2, 0.25) is 5.91 Å². The predicted octanol–water partition coefficient (Wildman–Crippen LogP) is 3.40. The Balaban J connectivity index is 1.54. The van der Waals surface area contributed by atoms with E-state index in [4.69, 9.17) is 4.52 Å². The van der Waals surface area contributed by atoms with Gasteiger partial charge in [0, 0.05) is 18.8 Å². The van der Waals surface area contributed by atoms with Crippen LogP contribution in [0.5, 0.6) is 0 Å². The molecule has 0 unspecified atom stereocenters. The third-order valence-corrected chi connectivity index (χ3v) is 5.15. The van der Waals surface area contributed by atoms with Gasteiger partial charge >= 0.3 is 0 Å². The number of aryl methyl sites for hydroxylation is 3. The minimum absolute atomic E-state index is 0.0546. The van der Waals surface area contributed by atoms with Gasteiger partial charge in [0.05, 0.1) is 11.6 Å². The molecule has 7 nitrogen and oxygen atoms in total. The van der Waals surface area contributed by atoms with Gasteiger partial charge in [0.25, 0.3) is 5.71 Å². The summed E-state index contributed by atoms with van der Waals surface area (Å²) in [6.07, 6.45) is 3.28. The maximum absolute atomic E-state index is 12.9. The van der Waals surface area contributed by atoms with Crippen LogP contribution in [-0.2, 0) is 4.79 Å². The predicted molar refractivity (Wildman–Crippen MR) is 104 cm³/mol. The van der Waals surface area contributed by atoms with E-state index in [9.17, 15) is 4.79 Å². The topological polar surface area (TPSA) is 84.2 Å². The number of carbonyl (C=O) groups is 1. The number of fused-ring (bicyclic) bond motifs is 1. The molecule has 7 heteroatoms. The highest BCUT2D eigenvalue weighted by atomic mass is 16.5.